The highest BCUT2D eigenvalue weighted by molar-refractivity contribution is 5.71. The van der Waals surface area contributed by atoms with Gasteiger partial charge in [0.2, 0.25) is 0 Å². The van der Waals surface area contributed by atoms with Crippen LogP contribution in [0.2, 0.25) is 0 Å². The van der Waals surface area contributed by atoms with Gasteiger partial charge in [-0.2, -0.15) is 0 Å². The second-order valence-electron chi connectivity index (χ2n) is 18.1. The molecule has 0 aromatic rings. The van der Waals surface area contributed by atoms with Gasteiger partial charge in [0.15, 0.2) is 6.10 Å². The molecule has 6 heteroatoms. The van der Waals surface area contributed by atoms with Crippen LogP contribution in [0.3, 0.4) is 0 Å². The van der Waals surface area contributed by atoms with Crippen molar-refractivity contribution >= 4 is 17.9 Å². The van der Waals surface area contributed by atoms with E-state index in [0.29, 0.717) is 19.3 Å². The monoisotopic (exact) mass is 919 g/mol. The Hall–Kier alpha value is -3.41. The van der Waals surface area contributed by atoms with Crippen LogP contribution in [0.5, 0.6) is 0 Å². The largest absolute Gasteiger partial charge is 0.462 e. The van der Waals surface area contributed by atoms with Gasteiger partial charge in [-0.05, 0) is 96.3 Å². The summed E-state index contributed by atoms with van der Waals surface area (Å²) in [5.41, 5.74) is 0. The van der Waals surface area contributed by atoms with E-state index in [0.717, 1.165) is 96.3 Å². The number of carbonyl (C=O) groups is 3. The first kappa shape index (κ1) is 62.6. The molecule has 0 rings (SSSR count). The fourth-order valence-corrected chi connectivity index (χ4v) is 7.50. The number of carbonyl (C=O) groups excluding carboxylic acids is 3. The van der Waals surface area contributed by atoms with E-state index in [9.17, 15) is 14.4 Å². The molecule has 0 aliphatic heterocycles. The van der Waals surface area contributed by atoms with Crippen LogP contribution in [-0.4, -0.2) is 37.2 Å². The Balaban J connectivity index is 4.42. The summed E-state index contributed by atoms with van der Waals surface area (Å²) in [5.74, 6) is -0.949. The lowest BCUT2D eigenvalue weighted by Crippen LogP contribution is -2.30. The molecule has 0 radical (unpaired) electrons. The molecule has 1 unspecified atom stereocenters. The third-order valence-electron chi connectivity index (χ3n) is 11.6. The molecule has 0 bridgehead atoms. The molecule has 0 amide bonds. The second-order valence-corrected chi connectivity index (χ2v) is 18.1. The third kappa shape index (κ3) is 51.6. The standard InChI is InChI=1S/C60H102O6/c1-4-7-10-13-16-19-22-25-27-28-29-30-31-32-34-35-38-41-44-47-50-53-59(62)65-56-57(55-64-58(61)52-49-46-43-40-37-24-21-18-15-12-9-6-3)66-60(63)54-51-48-45-42-39-36-33-26-23-20-17-14-11-8-5-2/h8,11,17,20,22,25-26,28-29,31-33,39,42,57H,4-7,9-10,12-16,18-19,21,23-24,27,30,34-38,40-41,43-56H2,1-3H3/b11-8-,20-17-,25-22-,29-28-,32-31-,33-26-,42-39-. The average Bonchev–Trinajstić information content (AvgIpc) is 3.31. The highest BCUT2D eigenvalue weighted by Gasteiger charge is 2.19. The molecule has 0 N–H and O–H groups in total. The summed E-state index contributed by atoms with van der Waals surface area (Å²) in [7, 11) is 0. The predicted octanol–water partition coefficient (Wildman–Crippen LogP) is 18.4. The molecular formula is C60H102O6. The predicted molar refractivity (Wildman–Crippen MR) is 284 cm³/mol. The zero-order chi connectivity index (χ0) is 47.9. The van der Waals surface area contributed by atoms with Crippen molar-refractivity contribution < 1.29 is 28.6 Å². The number of unbranched alkanes of at least 4 members (excludes halogenated alkanes) is 24. The van der Waals surface area contributed by atoms with Crippen molar-refractivity contribution in [1.29, 1.82) is 0 Å². The van der Waals surface area contributed by atoms with Gasteiger partial charge < -0.3 is 14.2 Å². The van der Waals surface area contributed by atoms with Crippen molar-refractivity contribution in [3.05, 3.63) is 85.1 Å². The summed E-state index contributed by atoms with van der Waals surface area (Å²) in [6.07, 6.45) is 70.0. The molecule has 0 spiro atoms. The third-order valence-corrected chi connectivity index (χ3v) is 11.6. The lowest BCUT2D eigenvalue weighted by Gasteiger charge is -2.18. The van der Waals surface area contributed by atoms with Crippen LogP contribution in [0.25, 0.3) is 0 Å². The first-order valence-corrected chi connectivity index (χ1v) is 27.6. The topological polar surface area (TPSA) is 78.9 Å². The van der Waals surface area contributed by atoms with E-state index in [4.69, 9.17) is 14.2 Å². The fourth-order valence-electron chi connectivity index (χ4n) is 7.50. The van der Waals surface area contributed by atoms with Gasteiger partial charge in [-0.15, -0.1) is 0 Å². The van der Waals surface area contributed by atoms with Gasteiger partial charge in [0.25, 0.3) is 0 Å². The maximum absolute atomic E-state index is 12.8. The Morgan fingerprint density at radius 1 is 0.318 bits per heavy atom. The molecule has 0 aromatic heterocycles. The van der Waals surface area contributed by atoms with Crippen molar-refractivity contribution in [1.82, 2.24) is 0 Å². The number of hydrogen-bond acceptors (Lipinski definition) is 6. The van der Waals surface area contributed by atoms with Crippen molar-refractivity contribution in [2.45, 2.75) is 264 Å². The van der Waals surface area contributed by atoms with Gasteiger partial charge >= 0.3 is 17.9 Å². The molecule has 6 nitrogen and oxygen atoms in total. The van der Waals surface area contributed by atoms with E-state index in [2.05, 4.69) is 106 Å². The molecule has 0 aromatic carbocycles. The van der Waals surface area contributed by atoms with E-state index < -0.39 is 6.10 Å². The summed E-state index contributed by atoms with van der Waals surface area (Å²) >= 11 is 0. The molecule has 1 atom stereocenters. The van der Waals surface area contributed by atoms with Crippen molar-refractivity contribution in [2.24, 2.45) is 0 Å². The molecule has 66 heavy (non-hydrogen) atoms. The SMILES string of the molecule is CC/C=C\C/C=C\C/C=C\C/C=C\CCCCC(=O)OC(COC(=O)CCCCCCCC/C=C\C/C=C\C/C=C\CCCCCCC)COC(=O)CCCCCCCCCCCCCC. The molecule has 0 saturated heterocycles. The number of hydrogen-bond donors (Lipinski definition) is 0. The van der Waals surface area contributed by atoms with Crippen LogP contribution in [0.4, 0.5) is 0 Å². The minimum atomic E-state index is -0.802. The van der Waals surface area contributed by atoms with E-state index in [1.165, 1.54) is 116 Å². The van der Waals surface area contributed by atoms with Gasteiger partial charge in [-0.1, -0.05) is 228 Å². The number of esters is 3. The Morgan fingerprint density at radius 3 is 0.955 bits per heavy atom. The smallest absolute Gasteiger partial charge is 0.306 e. The Morgan fingerprint density at radius 2 is 0.591 bits per heavy atom. The van der Waals surface area contributed by atoms with Crippen LogP contribution < -0.4 is 0 Å². The van der Waals surface area contributed by atoms with Crippen LogP contribution in [0, 0.1) is 0 Å². The highest BCUT2D eigenvalue weighted by atomic mass is 16.6. The van der Waals surface area contributed by atoms with Crippen LogP contribution in [-0.2, 0) is 28.6 Å². The minimum absolute atomic E-state index is 0.0963. The zero-order valence-electron chi connectivity index (χ0n) is 43.2. The minimum Gasteiger partial charge on any atom is -0.462 e. The normalized spacial score (nSPS) is 12.7. The fraction of sp³-hybridized carbons (Fsp3) is 0.717. The summed E-state index contributed by atoms with van der Waals surface area (Å²) in [4.78, 5) is 38.0. The summed E-state index contributed by atoms with van der Waals surface area (Å²) < 4.78 is 16.8. The maximum Gasteiger partial charge on any atom is 0.306 e. The molecule has 0 aliphatic carbocycles. The zero-order valence-corrected chi connectivity index (χ0v) is 43.2. The molecule has 0 aliphatic rings. The van der Waals surface area contributed by atoms with Crippen molar-refractivity contribution in [3.8, 4) is 0 Å². The average molecular weight is 919 g/mol. The van der Waals surface area contributed by atoms with Gasteiger partial charge in [0.1, 0.15) is 13.2 Å². The quantitative estimate of drug-likeness (QED) is 0.0262. The van der Waals surface area contributed by atoms with E-state index in [1.807, 2.05) is 0 Å². The molecular weight excluding hydrogens is 817 g/mol. The van der Waals surface area contributed by atoms with Gasteiger partial charge in [0, 0.05) is 19.3 Å². The summed E-state index contributed by atoms with van der Waals surface area (Å²) in [6, 6.07) is 0. The lowest BCUT2D eigenvalue weighted by molar-refractivity contribution is -0.167. The molecule has 0 saturated carbocycles. The molecule has 378 valence electrons. The van der Waals surface area contributed by atoms with Crippen molar-refractivity contribution in [2.75, 3.05) is 13.2 Å². The van der Waals surface area contributed by atoms with Crippen LogP contribution >= 0.6 is 0 Å². The van der Waals surface area contributed by atoms with Gasteiger partial charge in [-0.3, -0.25) is 14.4 Å². The first-order valence-electron chi connectivity index (χ1n) is 27.6. The van der Waals surface area contributed by atoms with E-state index >= 15 is 0 Å². The second kappa shape index (κ2) is 54.2. The Kier molecular flexibility index (Phi) is 51.4. The number of rotatable bonds is 49. The molecule has 0 fully saturated rings. The lowest BCUT2D eigenvalue weighted by atomic mass is 10.0. The van der Waals surface area contributed by atoms with Gasteiger partial charge in [0.05, 0.1) is 0 Å². The first-order chi connectivity index (χ1) is 32.5. The summed E-state index contributed by atoms with van der Waals surface area (Å²) in [5, 5.41) is 0. The maximum atomic E-state index is 12.8. The van der Waals surface area contributed by atoms with Crippen LogP contribution in [0.1, 0.15) is 258 Å². The molecule has 0 heterocycles. The summed E-state index contributed by atoms with van der Waals surface area (Å²) in [6.45, 7) is 6.47. The Bertz CT molecular complexity index is 1290. The Labute approximate surface area is 407 Å². The number of ether oxygens (including phenoxy) is 3. The highest BCUT2D eigenvalue weighted by Crippen LogP contribution is 2.14. The van der Waals surface area contributed by atoms with Gasteiger partial charge in [-0.25, -0.2) is 0 Å². The van der Waals surface area contributed by atoms with E-state index in [1.54, 1.807) is 0 Å². The van der Waals surface area contributed by atoms with E-state index in [-0.39, 0.29) is 37.5 Å². The van der Waals surface area contributed by atoms with Crippen molar-refractivity contribution in [3.63, 3.8) is 0 Å². The number of allylic oxidation sites excluding steroid dienone is 14. The van der Waals surface area contributed by atoms with Crippen LogP contribution in [0.15, 0.2) is 85.1 Å².